The molecule has 0 spiro atoms. The van der Waals surface area contributed by atoms with Crippen LogP contribution in [0.25, 0.3) is 0 Å². The van der Waals surface area contributed by atoms with Crippen molar-refractivity contribution in [1.29, 1.82) is 0 Å². The van der Waals surface area contributed by atoms with Crippen molar-refractivity contribution in [2.24, 2.45) is 5.92 Å². The van der Waals surface area contributed by atoms with E-state index in [-0.39, 0.29) is 10.8 Å². The number of nitrogens with one attached hydrogen (secondary N) is 1. The number of benzene rings is 1. The SMILES string of the molecule is CC(C)(C)[S@+]([O-])N[C@H](c1ccccc1)C1CC1. The lowest BCUT2D eigenvalue weighted by atomic mass is 10.0. The zero-order valence-corrected chi connectivity index (χ0v) is 11.6. The summed E-state index contributed by atoms with van der Waals surface area (Å²) < 4.78 is 15.3. The monoisotopic (exact) mass is 251 g/mol. The molecule has 2 nitrogen and oxygen atoms in total. The first-order valence-corrected chi connectivity index (χ1v) is 7.36. The van der Waals surface area contributed by atoms with Crippen LogP contribution in [-0.4, -0.2) is 9.30 Å². The molecule has 1 aromatic carbocycles. The maximum absolute atomic E-state index is 12.2. The molecule has 1 fully saturated rings. The van der Waals surface area contributed by atoms with Crippen LogP contribution < -0.4 is 4.72 Å². The van der Waals surface area contributed by atoms with Crippen LogP contribution in [-0.2, 0) is 11.4 Å². The van der Waals surface area contributed by atoms with E-state index < -0.39 is 11.4 Å². The molecule has 1 N–H and O–H groups in total. The van der Waals surface area contributed by atoms with Gasteiger partial charge in [0.1, 0.15) is 4.75 Å². The lowest BCUT2D eigenvalue weighted by molar-refractivity contribution is 0.503. The average molecular weight is 251 g/mol. The highest BCUT2D eigenvalue weighted by Crippen LogP contribution is 2.41. The van der Waals surface area contributed by atoms with Gasteiger partial charge in [0.25, 0.3) is 0 Å². The summed E-state index contributed by atoms with van der Waals surface area (Å²) >= 11 is -0.998. The first kappa shape index (κ1) is 12.9. The van der Waals surface area contributed by atoms with Gasteiger partial charge < -0.3 is 4.55 Å². The van der Waals surface area contributed by atoms with Crippen molar-refractivity contribution >= 4 is 11.4 Å². The lowest BCUT2D eigenvalue weighted by Crippen LogP contribution is -2.41. The lowest BCUT2D eigenvalue weighted by Gasteiger charge is -2.28. The molecule has 3 heteroatoms. The van der Waals surface area contributed by atoms with Crippen molar-refractivity contribution in [3.63, 3.8) is 0 Å². The fraction of sp³-hybridized carbons (Fsp3) is 0.571. The van der Waals surface area contributed by atoms with Gasteiger partial charge in [0.05, 0.1) is 6.04 Å². The Hall–Kier alpha value is -0.510. The molecule has 2 rings (SSSR count). The molecular weight excluding hydrogens is 230 g/mol. The van der Waals surface area contributed by atoms with Crippen molar-refractivity contribution in [3.8, 4) is 0 Å². The van der Waals surface area contributed by atoms with Gasteiger partial charge in [-0.1, -0.05) is 30.3 Å². The molecule has 1 aliphatic carbocycles. The molecule has 0 amide bonds. The molecule has 2 atom stereocenters. The maximum atomic E-state index is 12.2. The molecule has 1 aliphatic rings. The van der Waals surface area contributed by atoms with E-state index in [2.05, 4.69) is 16.9 Å². The molecule has 1 saturated carbocycles. The van der Waals surface area contributed by atoms with E-state index in [1.54, 1.807) is 0 Å². The van der Waals surface area contributed by atoms with Crippen LogP contribution >= 0.6 is 0 Å². The van der Waals surface area contributed by atoms with E-state index >= 15 is 0 Å². The van der Waals surface area contributed by atoms with Crippen molar-refractivity contribution in [3.05, 3.63) is 35.9 Å². The summed E-state index contributed by atoms with van der Waals surface area (Å²) in [4.78, 5) is 0. The molecule has 94 valence electrons. The van der Waals surface area contributed by atoms with Crippen LogP contribution in [0.2, 0.25) is 0 Å². The summed E-state index contributed by atoms with van der Waals surface area (Å²) in [7, 11) is 0. The van der Waals surface area contributed by atoms with Crippen LogP contribution in [0.3, 0.4) is 0 Å². The highest BCUT2D eigenvalue weighted by Gasteiger charge is 2.38. The van der Waals surface area contributed by atoms with E-state index in [1.165, 1.54) is 18.4 Å². The van der Waals surface area contributed by atoms with Gasteiger partial charge in [-0.05, 0) is 45.1 Å². The zero-order valence-electron chi connectivity index (χ0n) is 10.8. The van der Waals surface area contributed by atoms with Gasteiger partial charge in [-0.2, -0.15) is 0 Å². The Labute approximate surface area is 107 Å². The number of hydrogen-bond donors (Lipinski definition) is 1. The predicted molar refractivity (Wildman–Crippen MR) is 72.9 cm³/mol. The summed E-state index contributed by atoms with van der Waals surface area (Å²) in [5.74, 6) is 0.656. The second-order valence-corrected chi connectivity index (χ2v) is 7.72. The molecule has 1 aromatic rings. The van der Waals surface area contributed by atoms with Crippen molar-refractivity contribution in [1.82, 2.24) is 4.72 Å². The molecular formula is C14H21NOS. The van der Waals surface area contributed by atoms with Crippen LogP contribution in [0.4, 0.5) is 0 Å². The van der Waals surface area contributed by atoms with Crippen molar-refractivity contribution in [2.75, 3.05) is 0 Å². The third-order valence-corrected chi connectivity index (χ3v) is 4.62. The van der Waals surface area contributed by atoms with E-state index in [1.807, 2.05) is 39.0 Å². The van der Waals surface area contributed by atoms with E-state index in [0.717, 1.165) is 0 Å². The number of rotatable bonds is 4. The molecule has 0 aromatic heterocycles. The molecule has 0 saturated heterocycles. The largest absolute Gasteiger partial charge is 0.598 e. The van der Waals surface area contributed by atoms with Crippen LogP contribution in [0.5, 0.6) is 0 Å². The third-order valence-electron chi connectivity index (χ3n) is 3.04. The molecule has 17 heavy (non-hydrogen) atoms. The predicted octanol–water partition coefficient (Wildman–Crippen LogP) is 3.19. The first-order chi connectivity index (χ1) is 7.98. The molecule has 0 unspecified atom stereocenters. The molecule has 0 radical (unpaired) electrons. The van der Waals surface area contributed by atoms with E-state index in [9.17, 15) is 4.55 Å². The van der Waals surface area contributed by atoms with Crippen LogP contribution in [0.1, 0.15) is 45.2 Å². The quantitative estimate of drug-likeness (QED) is 0.834. The second kappa shape index (κ2) is 5.01. The normalized spacial score (nSPS) is 20.0. The minimum absolute atomic E-state index is 0.206. The maximum Gasteiger partial charge on any atom is 0.136 e. The Kier molecular flexibility index (Phi) is 3.81. The molecule has 0 aliphatic heterocycles. The Morgan fingerprint density at radius 1 is 1.24 bits per heavy atom. The summed E-state index contributed by atoms with van der Waals surface area (Å²) in [6, 6.07) is 10.6. The highest BCUT2D eigenvalue weighted by molar-refractivity contribution is 7.90. The first-order valence-electron chi connectivity index (χ1n) is 6.21. The fourth-order valence-electron chi connectivity index (χ4n) is 1.82. The van der Waals surface area contributed by atoms with Crippen LogP contribution in [0.15, 0.2) is 30.3 Å². The standard InChI is InChI=1S/C14H21NOS/c1-14(2,3)17(16)15-13(12-9-10-12)11-7-5-4-6-8-11/h4-8,12-13,15H,9-10H2,1-3H3/t13-,17+/m1/s1. The smallest absolute Gasteiger partial charge is 0.136 e. The van der Waals surface area contributed by atoms with Gasteiger partial charge in [0.2, 0.25) is 0 Å². The average Bonchev–Trinajstić information content (AvgIpc) is 3.09. The van der Waals surface area contributed by atoms with Gasteiger partial charge >= 0.3 is 0 Å². The summed E-state index contributed by atoms with van der Waals surface area (Å²) in [5.41, 5.74) is 1.26. The van der Waals surface area contributed by atoms with Gasteiger partial charge in [0.15, 0.2) is 0 Å². The molecule has 0 heterocycles. The topological polar surface area (TPSA) is 35.1 Å². The third kappa shape index (κ3) is 3.47. The van der Waals surface area contributed by atoms with E-state index in [0.29, 0.717) is 5.92 Å². The Bertz CT molecular complexity index is 356. The van der Waals surface area contributed by atoms with Crippen LogP contribution in [0, 0.1) is 5.92 Å². The van der Waals surface area contributed by atoms with Gasteiger partial charge in [0, 0.05) is 11.4 Å². The number of hydrogen-bond acceptors (Lipinski definition) is 2. The highest BCUT2D eigenvalue weighted by atomic mass is 32.2. The van der Waals surface area contributed by atoms with E-state index in [4.69, 9.17) is 0 Å². The van der Waals surface area contributed by atoms with Crippen molar-refractivity contribution < 1.29 is 4.55 Å². The zero-order chi connectivity index (χ0) is 12.5. The Morgan fingerprint density at radius 2 is 1.82 bits per heavy atom. The van der Waals surface area contributed by atoms with Gasteiger partial charge in [-0.25, -0.2) is 0 Å². The Morgan fingerprint density at radius 3 is 2.29 bits per heavy atom. The van der Waals surface area contributed by atoms with Crippen molar-refractivity contribution in [2.45, 2.75) is 44.4 Å². The molecule has 0 bridgehead atoms. The van der Waals surface area contributed by atoms with Gasteiger partial charge in [-0.3, -0.25) is 0 Å². The summed E-state index contributed by atoms with van der Waals surface area (Å²) in [5, 5.41) is 0. The fourth-order valence-corrected chi connectivity index (χ4v) is 2.73. The van der Waals surface area contributed by atoms with Gasteiger partial charge in [-0.15, -0.1) is 4.72 Å². The Balaban J connectivity index is 2.09. The summed E-state index contributed by atoms with van der Waals surface area (Å²) in [6.07, 6.45) is 2.49. The minimum atomic E-state index is -0.998. The summed E-state index contributed by atoms with van der Waals surface area (Å²) in [6.45, 7) is 6.02. The second-order valence-electron chi connectivity index (χ2n) is 5.72. The minimum Gasteiger partial charge on any atom is -0.598 e.